The molecule has 17 heavy (non-hydrogen) atoms. The maximum absolute atomic E-state index is 11.7. The summed E-state index contributed by atoms with van der Waals surface area (Å²) in [6.45, 7) is 0.228. The van der Waals surface area contributed by atoms with Gasteiger partial charge >= 0.3 is 0 Å². The van der Waals surface area contributed by atoms with Crippen LogP contribution in [0.15, 0.2) is 15.8 Å². The fourth-order valence-electron chi connectivity index (χ4n) is 1.42. The Balaban J connectivity index is 2.05. The molecule has 0 unspecified atom stereocenters. The molecule has 1 aliphatic heterocycles. The lowest BCUT2D eigenvalue weighted by atomic mass is 10.2. The number of carbonyl (C=O) groups excluding carboxylic acids is 2. The molecule has 90 valence electrons. The van der Waals surface area contributed by atoms with Crippen LogP contribution >= 0.6 is 22.9 Å². The summed E-state index contributed by atoms with van der Waals surface area (Å²) in [5.74, 6) is -0.187. The molecule has 5 nitrogen and oxygen atoms in total. The average molecular weight is 272 g/mol. The molecule has 0 spiro atoms. The van der Waals surface area contributed by atoms with Crippen molar-refractivity contribution in [1.29, 1.82) is 0 Å². The van der Waals surface area contributed by atoms with Crippen LogP contribution in [0.3, 0.4) is 0 Å². The van der Waals surface area contributed by atoms with E-state index in [0.29, 0.717) is 11.0 Å². The first-order chi connectivity index (χ1) is 8.06. The molecule has 7 heteroatoms. The predicted molar refractivity (Wildman–Crippen MR) is 66.2 cm³/mol. The zero-order valence-corrected chi connectivity index (χ0v) is 10.6. The second-order valence-corrected chi connectivity index (χ2v) is 4.81. The summed E-state index contributed by atoms with van der Waals surface area (Å²) in [5, 5.41) is 6.67. The Hall–Kier alpha value is -1.40. The molecule has 2 amide bonds. The molecule has 2 rings (SSSR count). The predicted octanol–water partition coefficient (Wildman–Crippen LogP) is 0.888. The smallest absolute Gasteiger partial charge is 0.253 e. The van der Waals surface area contributed by atoms with Crippen LogP contribution in [0.5, 0.6) is 0 Å². The second kappa shape index (κ2) is 4.85. The molecular weight excluding hydrogens is 262 g/mol. The highest BCUT2D eigenvalue weighted by molar-refractivity contribution is 7.08. The van der Waals surface area contributed by atoms with Gasteiger partial charge in [-0.2, -0.15) is 16.3 Å². The third kappa shape index (κ3) is 2.83. The van der Waals surface area contributed by atoms with Crippen molar-refractivity contribution < 1.29 is 9.59 Å². The standard InChI is InChI=1S/C10H10ClN3O2S/c1-14-3-9(16)13-10(14)12-8(15)2-6-4-17-5-7(6)11/h4-5H,2-3H2,1H3,(H,12,13,15,16). The summed E-state index contributed by atoms with van der Waals surface area (Å²) in [4.78, 5) is 28.1. The number of rotatable bonds is 2. The van der Waals surface area contributed by atoms with Gasteiger partial charge in [-0.25, -0.2) is 0 Å². The van der Waals surface area contributed by atoms with Gasteiger partial charge in [-0.05, 0) is 10.9 Å². The van der Waals surface area contributed by atoms with Crippen molar-refractivity contribution in [3.63, 3.8) is 0 Å². The normalized spacial score (nSPS) is 17.6. The van der Waals surface area contributed by atoms with Crippen LogP contribution in [0.25, 0.3) is 0 Å². The van der Waals surface area contributed by atoms with Gasteiger partial charge in [0.15, 0.2) is 0 Å². The number of thiophene rings is 1. The van der Waals surface area contributed by atoms with Crippen LogP contribution < -0.4 is 5.32 Å². The van der Waals surface area contributed by atoms with Crippen LogP contribution in [0.2, 0.25) is 5.02 Å². The van der Waals surface area contributed by atoms with E-state index < -0.39 is 0 Å². The Bertz CT molecular complexity index is 497. The topological polar surface area (TPSA) is 61.8 Å². The van der Waals surface area contributed by atoms with Crippen molar-refractivity contribution >= 4 is 40.7 Å². The summed E-state index contributed by atoms with van der Waals surface area (Å²) < 4.78 is 0. The van der Waals surface area contributed by atoms with Crippen LogP contribution in [0.4, 0.5) is 0 Å². The van der Waals surface area contributed by atoms with E-state index >= 15 is 0 Å². The molecule has 1 N–H and O–H groups in total. The molecule has 0 radical (unpaired) electrons. The number of aliphatic imine (C=N–C) groups is 1. The van der Waals surface area contributed by atoms with Crippen LogP contribution in [-0.2, 0) is 16.0 Å². The highest BCUT2D eigenvalue weighted by Crippen LogP contribution is 2.21. The number of halogens is 1. The SMILES string of the molecule is CN1CC(=O)NC1=NC(=O)Cc1cscc1Cl. The first kappa shape index (κ1) is 12.1. The molecule has 0 saturated carbocycles. The van der Waals surface area contributed by atoms with E-state index in [-0.39, 0.29) is 24.8 Å². The number of carbonyl (C=O) groups is 2. The number of hydrogen-bond donors (Lipinski definition) is 1. The van der Waals surface area contributed by atoms with Crippen molar-refractivity contribution in [2.75, 3.05) is 13.6 Å². The minimum absolute atomic E-state index is 0.148. The van der Waals surface area contributed by atoms with Crippen molar-refractivity contribution in [3.8, 4) is 0 Å². The summed E-state index contributed by atoms with van der Waals surface area (Å²) in [6, 6.07) is 0. The summed E-state index contributed by atoms with van der Waals surface area (Å²) in [6.07, 6.45) is 0.148. The molecule has 1 aromatic rings. The molecule has 0 aliphatic carbocycles. The monoisotopic (exact) mass is 271 g/mol. The third-order valence-electron chi connectivity index (χ3n) is 2.25. The third-order valence-corrected chi connectivity index (χ3v) is 3.53. The van der Waals surface area contributed by atoms with E-state index in [9.17, 15) is 9.59 Å². The molecular formula is C10H10ClN3O2S. The molecule has 0 aromatic carbocycles. The van der Waals surface area contributed by atoms with E-state index in [2.05, 4.69) is 10.3 Å². The zero-order valence-electron chi connectivity index (χ0n) is 9.07. The number of nitrogens with zero attached hydrogens (tertiary/aromatic N) is 2. The van der Waals surface area contributed by atoms with Gasteiger partial charge in [0.1, 0.15) is 0 Å². The Morgan fingerprint density at radius 3 is 2.94 bits per heavy atom. The first-order valence-corrected chi connectivity index (χ1v) is 6.21. The minimum atomic E-state index is -0.325. The van der Waals surface area contributed by atoms with Gasteiger partial charge in [0, 0.05) is 12.4 Å². The summed E-state index contributed by atoms with van der Waals surface area (Å²) in [7, 11) is 1.70. The Kier molecular flexibility index (Phi) is 3.44. The van der Waals surface area contributed by atoms with E-state index in [4.69, 9.17) is 11.6 Å². The van der Waals surface area contributed by atoms with E-state index in [1.165, 1.54) is 11.3 Å². The second-order valence-electron chi connectivity index (χ2n) is 3.66. The highest BCUT2D eigenvalue weighted by atomic mass is 35.5. The van der Waals surface area contributed by atoms with Gasteiger partial charge in [-0.15, -0.1) is 0 Å². The van der Waals surface area contributed by atoms with Crippen molar-refractivity contribution in [2.24, 2.45) is 4.99 Å². The van der Waals surface area contributed by atoms with Gasteiger partial charge in [-0.3, -0.25) is 14.9 Å². The lowest BCUT2D eigenvalue weighted by Gasteiger charge is -2.07. The lowest BCUT2D eigenvalue weighted by Crippen LogP contribution is -2.28. The number of amides is 2. The van der Waals surface area contributed by atoms with E-state index in [0.717, 1.165) is 5.56 Å². The molecule has 1 aromatic heterocycles. The van der Waals surface area contributed by atoms with Crippen molar-refractivity contribution in [1.82, 2.24) is 10.2 Å². The quantitative estimate of drug-likeness (QED) is 0.869. The van der Waals surface area contributed by atoms with Crippen molar-refractivity contribution in [2.45, 2.75) is 6.42 Å². The summed E-state index contributed by atoms with van der Waals surface area (Å²) in [5.41, 5.74) is 0.762. The molecule has 0 bridgehead atoms. The molecule has 1 saturated heterocycles. The number of likely N-dealkylation sites (N-methyl/N-ethyl adjacent to an activating group) is 1. The number of hydrogen-bond acceptors (Lipinski definition) is 3. The Morgan fingerprint density at radius 1 is 1.65 bits per heavy atom. The van der Waals surface area contributed by atoms with Crippen molar-refractivity contribution in [3.05, 3.63) is 21.3 Å². The Labute approximate surface area is 107 Å². The van der Waals surface area contributed by atoms with Gasteiger partial charge in [-0.1, -0.05) is 11.6 Å². The maximum Gasteiger partial charge on any atom is 0.253 e. The number of nitrogens with one attached hydrogen (secondary N) is 1. The lowest BCUT2D eigenvalue weighted by molar-refractivity contribution is -0.118. The maximum atomic E-state index is 11.7. The average Bonchev–Trinajstić information content (AvgIpc) is 2.75. The largest absolute Gasteiger partial charge is 0.336 e. The van der Waals surface area contributed by atoms with Crippen LogP contribution in [0.1, 0.15) is 5.56 Å². The van der Waals surface area contributed by atoms with Crippen LogP contribution in [0, 0.1) is 0 Å². The van der Waals surface area contributed by atoms with Gasteiger partial charge in [0.05, 0.1) is 18.0 Å². The molecule has 2 heterocycles. The molecule has 0 atom stereocenters. The van der Waals surface area contributed by atoms with E-state index in [1.54, 1.807) is 17.3 Å². The van der Waals surface area contributed by atoms with E-state index in [1.807, 2.05) is 5.38 Å². The first-order valence-electron chi connectivity index (χ1n) is 4.89. The molecule has 1 fully saturated rings. The minimum Gasteiger partial charge on any atom is -0.336 e. The fraction of sp³-hybridized carbons (Fsp3) is 0.300. The Morgan fingerprint density at radius 2 is 2.41 bits per heavy atom. The fourth-order valence-corrected chi connectivity index (χ4v) is 2.47. The molecule has 1 aliphatic rings. The number of guanidine groups is 1. The van der Waals surface area contributed by atoms with Gasteiger partial charge < -0.3 is 4.90 Å². The van der Waals surface area contributed by atoms with Gasteiger partial charge in [0.2, 0.25) is 11.9 Å². The highest BCUT2D eigenvalue weighted by Gasteiger charge is 2.22. The van der Waals surface area contributed by atoms with Crippen LogP contribution in [-0.4, -0.2) is 36.3 Å². The summed E-state index contributed by atoms with van der Waals surface area (Å²) >= 11 is 7.32. The zero-order chi connectivity index (χ0) is 12.4. The van der Waals surface area contributed by atoms with Gasteiger partial charge in [0.25, 0.3) is 5.91 Å².